The van der Waals surface area contributed by atoms with Crippen molar-refractivity contribution in [3.8, 4) is 0 Å². The zero-order chi connectivity index (χ0) is 28.7. The predicted octanol–water partition coefficient (Wildman–Crippen LogP) is 6.85. The number of imide groups is 1. The van der Waals surface area contributed by atoms with Crippen molar-refractivity contribution >= 4 is 23.5 Å². The Bertz CT molecular complexity index is 1480. The molecule has 2 bridgehead atoms. The fraction of sp³-hybridized carbons (Fsp3) is 0.400. The highest BCUT2D eigenvalue weighted by molar-refractivity contribution is 6.23. The zero-order valence-corrected chi connectivity index (χ0v) is 24.4. The van der Waals surface area contributed by atoms with Crippen molar-refractivity contribution in [2.24, 2.45) is 11.8 Å². The van der Waals surface area contributed by atoms with Crippen LogP contribution in [0.2, 0.25) is 0 Å². The lowest BCUT2D eigenvalue weighted by atomic mass is 9.54. The summed E-state index contributed by atoms with van der Waals surface area (Å²) in [7, 11) is 0. The maximum absolute atomic E-state index is 14.3. The van der Waals surface area contributed by atoms with Gasteiger partial charge in [-0.1, -0.05) is 84.0 Å². The standard InChI is InChI=1S/C35H37NO4/c1-8-40-33(39)19-10-9-11-22(16-19)36-31(37)29-27-24-15-13-21(35(5,6)7)18-26(24)28(30(29)32(36)38)23-14-12-20(17-25(23)27)34(2,3)4/h9-18,27-30H,8H2,1-7H3/t27-,28-,29-,30-/m0/s1. The molecule has 3 aromatic carbocycles. The minimum absolute atomic E-state index is 0.0425. The average molecular weight is 536 g/mol. The Hall–Kier alpha value is -3.73. The van der Waals surface area contributed by atoms with Crippen molar-refractivity contribution in [2.75, 3.05) is 11.5 Å². The van der Waals surface area contributed by atoms with E-state index in [0.717, 1.165) is 22.3 Å². The van der Waals surface area contributed by atoms with Gasteiger partial charge in [0.15, 0.2) is 0 Å². The van der Waals surface area contributed by atoms with Gasteiger partial charge in [-0.15, -0.1) is 0 Å². The van der Waals surface area contributed by atoms with Gasteiger partial charge in [0.1, 0.15) is 0 Å². The van der Waals surface area contributed by atoms with Crippen LogP contribution < -0.4 is 4.90 Å². The molecule has 0 aromatic heterocycles. The lowest BCUT2D eigenvalue weighted by molar-refractivity contribution is -0.122. The Labute approximate surface area is 236 Å². The molecule has 0 radical (unpaired) electrons. The van der Waals surface area contributed by atoms with E-state index in [9.17, 15) is 14.4 Å². The number of ether oxygens (including phenoxy) is 1. The molecule has 206 valence electrons. The number of carbonyl (C=O) groups excluding carboxylic acids is 3. The van der Waals surface area contributed by atoms with Crippen molar-refractivity contribution in [3.63, 3.8) is 0 Å². The summed E-state index contributed by atoms with van der Waals surface area (Å²) >= 11 is 0. The van der Waals surface area contributed by atoms with Crippen molar-refractivity contribution in [1.29, 1.82) is 0 Å². The predicted molar refractivity (Wildman–Crippen MR) is 156 cm³/mol. The molecular formula is C35H37NO4. The van der Waals surface area contributed by atoms with Gasteiger partial charge in [0.05, 0.1) is 29.7 Å². The molecule has 0 spiro atoms. The monoisotopic (exact) mass is 535 g/mol. The Kier molecular flexibility index (Phi) is 5.89. The maximum atomic E-state index is 14.3. The number of amides is 2. The first-order valence-electron chi connectivity index (χ1n) is 14.3. The molecule has 0 saturated carbocycles. The first kappa shape index (κ1) is 26.5. The van der Waals surface area contributed by atoms with Gasteiger partial charge in [-0.3, -0.25) is 9.59 Å². The highest BCUT2D eigenvalue weighted by atomic mass is 16.5. The summed E-state index contributed by atoms with van der Waals surface area (Å²) in [5.41, 5.74) is 7.75. The van der Waals surface area contributed by atoms with Gasteiger partial charge in [-0.2, -0.15) is 0 Å². The Morgan fingerprint density at radius 3 is 1.68 bits per heavy atom. The van der Waals surface area contributed by atoms with Crippen molar-refractivity contribution < 1.29 is 19.1 Å². The van der Waals surface area contributed by atoms with E-state index in [1.807, 2.05) is 0 Å². The number of benzene rings is 3. The quantitative estimate of drug-likeness (QED) is 0.272. The van der Waals surface area contributed by atoms with Crippen LogP contribution in [0.25, 0.3) is 0 Å². The van der Waals surface area contributed by atoms with E-state index in [1.54, 1.807) is 31.2 Å². The summed E-state index contributed by atoms with van der Waals surface area (Å²) in [4.78, 5) is 42.3. The summed E-state index contributed by atoms with van der Waals surface area (Å²) in [5, 5.41) is 0. The molecule has 0 N–H and O–H groups in total. The van der Waals surface area contributed by atoms with Crippen LogP contribution in [0, 0.1) is 11.8 Å². The van der Waals surface area contributed by atoms with Crippen LogP contribution in [0.3, 0.4) is 0 Å². The summed E-state index contributed by atoms with van der Waals surface area (Å²) < 4.78 is 5.17. The van der Waals surface area contributed by atoms with Crippen molar-refractivity contribution in [1.82, 2.24) is 0 Å². The Morgan fingerprint density at radius 1 is 0.725 bits per heavy atom. The van der Waals surface area contributed by atoms with Gasteiger partial charge in [0, 0.05) is 11.8 Å². The third-order valence-corrected chi connectivity index (χ3v) is 8.98. The van der Waals surface area contributed by atoms with Gasteiger partial charge in [0.2, 0.25) is 11.8 Å². The van der Waals surface area contributed by atoms with Crippen LogP contribution in [-0.4, -0.2) is 24.4 Å². The number of hydrogen-bond acceptors (Lipinski definition) is 4. The molecule has 0 unspecified atom stereocenters. The number of carbonyl (C=O) groups is 3. The second kappa shape index (κ2) is 8.89. The number of rotatable bonds is 3. The number of hydrogen-bond donors (Lipinski definition) is 0. The summed E-state index contributed by atoms with van der Waals surface area (Å²) in [5.74, 6) is -2.23. The molecule has 1 heterocycles. The average Bonchev–Trinajstić information content (AvgIpc) is 3.17. The van der Waals surface area contributed by atoms with E-state index < -0.39 is 17.8 Å². The molecular weight excluding hydrogens is 498 g/mol. The van der Waals surface area contributed by atoms with E-state index in [1.165, 1.54) is 16.0 Å². The molecule has 1 fully saturated rings. The van der Waals surface area contributed by atoms with Gasteiger partial charge < -0.3 is 4.74 Å². The highest BCUT2D eigenvalue weighted by Crippen LogP contribution is 2.62. The normalized spacial score (nSPS) is 23.1. The largest absolute Gasteiger partial charge is 0.462 e. The third kappa shape index (κ3) is 3.85. The van der Waals surface area contributed by atoms with E-state index in [4.69, 9.17) is 4.74 Å². The molecule has 3 aliphatic carbocycles. The second-order valence-electron chi connectivity index (χ2n) is 13.5. The fourth-order valence-electron chi connectivity index (χ4n) is 6.95. The van der Waals surface area contributed by atoms with Crippen LogP contribution in [0.1, 0.15) is 104 Å². The molecule has 40 heavy (non-hydrogen) atoms. The van der Waals surface area contributed by atoms with E-state index >= 15 is 0 Å². The van der Waals surface area contributed by atoms with Crippen LogP contribution >= 0.6 is 0 Å². The van der Waals surface area contributed by atoms with E-state index in [0.29, 0.717) is 11.3 Å². The molecule has 1 saturated heterocycles. The highest BCUT2D eigenvalue weighted by Gasteiger charge is 2.62. The zero-order valence-electron chi connectivity index (χ0n) is 24.4. The lowest BCUT2D eigenvalue weighted by Crippen LogP contribution is -2.42. The lowest BCUT2D eigenvalue weighted by Gasteiger charge is -2.47. The Balaban J connectivity index is 1.52. The molecule has 4 aliphatic rings. The molecule has 3 aromatic rings. The van der Waals surface area contributed by atoms with Crippen LogP contribution in [0.4, 0.5) is 5.69 Å². The molecule has 2 amide bonds. The van der Waals surface area contributed by atoms with Gasteiger partial charge in [-0.05, 0) is 69.3 Å². The topological polar surface area (TPSA) is 63.7 Å². The van der Waals surface area contributed by atoms with Gasteiger partial charge in [-0.25, -0.2) is 9.69 Å². The minimum atomic E-state index is -0.487. The summed E-state index contributed by atoms with van der Waals surface area (Å²) in [6.45, 7) is 15.2. The van der Waals surface area contributed by atoms with E-state index in [2.05, 4.69) is 77.9 Å². The van der Waals surface area contributed by atoms with Gasteiger partial charge in [0.25, 0.3) is 0 Å². The van der Waals surface area contributed by atoms with Crippen LogP contribution in [0.15, 0.2) is 60.7 Å². The van der Waals surface area contributed by atoms with Crippen molar-refractivity contribution in [3.05, 3.63) is 99.6 Å². The molecule has 5 nitrogen and oxygen atoms in total. The van der Waals surface area contributed by atoms with Gasteiger partial charge >= 0.3 is 5.97 Å². The maximum Gasteiger partial charge on any atom is 0.338 e. The van der Waals surface area contributed by atoms with Crippen LogP contribution in [-0.2, 0) is 25.2 Å². The van der Waals surface area contributed by atoms with E-state index in [-0.39, 0.29) is 41.1 Å². The SMILES string of the molecule is CCOC(=O)c1cccc(N2C(=O)[C@H]3[C@H]4c5ccc(C(C)(C)C)cc5[C@H](c5ccc(C(C)(C)C)cc54)[C@@H]3C2=O)c1. The first-order chi connectivity index (χ1) is 18.8. The second-order valence-corrected chi connectivity index (χ2v) is 13.5. The molecule has 4 atom stereocenters. The Morgan fingerprint density at radius 2 is 1.23 bits per heavy atom. The molecule has 5 heteroatoms. The minimum Gasteiger partial charge on any atom is -0.462 e. The fourth-order valence-corrected chi connectivity index (χ4v) is 6.95. The molecule has 1 aliphatic heterocycles. The summed E-state index contributed by atoms with van der Waals surface area (Å²) in [6.07, 6.45) is 0. The van der Waals surface area contributed by atoms with Crippen molar-refractivity contribution in [2.45, 2.75) is 71.1 Å². The molecule has 7 rings (SSSR count). The smallest absolute Gasteiger partial charge is 0.338 e. The first-order valence-corrected chi connectivity index (χ1v) is 14.3. The number of anilines is 1. The van der Waals surface area contributed by atoms with Crippen LogP contribution in [0.5, 0.6) is 0 Å². The number of nitrogens with zero attached hydrogens (tertiary/aromatic N) is 1. The third-order valence-electron chi connectivity index (χ3n) is 8.98. The summed E-state index contributed by atoms with van der Waals surface area (Å²) in [6, 6.07) is 20.0. The number of esters is 1.